The van der Waals surface area contributed by atoms with E-state index < -0.39 is 17.7 Å². The van der Waals surface area contributed by atoms with Crippen LogP contribution in [0.25, 0.3) is 0 Å². The zero-order valence-corrected chi connectivity index (χ0v) is 13.5. The van der Waals surface area contributed by atoms with Crippen molar-refractivity contribution in [2.24, 2.45) is 5.92 Å². The summed E-state index contributed by atoms with van der Waals surface area (Å²) in [6.45, 7) is 1.97. The topological polar surface area (TPSA) is 61.3 Å². The monoisotopic (exact) mass is 344 g/mol. The van der Waals surface area contributed by atoms with Gasteiger partial charge in [0.25, 0.3) is 0 Å². The number of anilines is 2. The molecule has 2 atom stereocenters. The third kappa shape index (κ3) is 4.09. The molecule has 0 aromatic carbocycles. The van der Waals surface area contributed by atoms with Gasteiger partial charge in [-0.2, -0.15) is 13.2 Å². The average molecular weight is 344 g/mol. The van der Waals surface area contributed by atoms with Gasteiger partial charge in [-0.15, -0.1) is 0 Å². The molecular formula is C16H23F3N4O. The maximum Gasteiger partial charge on any atom is 0.391 e. The van der Waals surface area contributed by atoms with Crippen LogP contribution in [0, 0.1) is 5.92 Å². The Morgan fingerprint density at radius 3 is 2.71 bits per heavy atom. The first-order valence-electron chi connectivity index (χ1n) is 8.46. The highest BCUT2D eigenvalue weighted by Gasteiger charge is 2.46. The van der Waals surface area contributed by atoms with Gasteiger partial charge in [0.1, 0.15) is 18.0 Å². The van der Waals surface area contributed by atoms with Gasteiger partial charge >= 0.3 is 6.18 Å². The molecule has 1 aliphatic heterocycles. The quantitative estimate of drug-likeness (QED) is 0.879. The number of rotatable bonds is 4. The number of hydrogen-bond acceptors (Lipinski definition) is 5. The first-order valence-corrected chi connectivity index (χ1v) is 8.46. The minimum absolute atomic E-state index is 0.0655. The molecule has 0 spiro atoms. The summed E-state index contributed by atoms with van der Waals surface area (Å²) >= 11 is 0. The van der Waals surface area contributed by atoms with E-state index in [9.17, 15) is 18.3 Å². The van der Waals surface area contributed by atoms with Crippen LogP contribution < -0.4 is 10.2 Å². The number of nitrogens with one attached hydrogen (secondary N) is 1. The molecule has 1 saturated heterocycles. The SMILES string of the molecule is O[C@@]1(CNc2cc(N3CCCC3)ncn2)CCC[C@H](C(F)(F)F)C1. The molecule has 1 aromatic heterocycles. The van der Waals surface area contributed by atoms with E-state index in [0.29, 0.717) is 18.7 Å². The van der Waals surface area contributed by atoms with Crippen molar-refractivity contribution in [1.82, 2.24) is 9.97 Å². The van der Waals surface area contributed by atoms with Gasteiger partial charge in [0.15, 0.2) is 0 Å². The van der Waals surface area contributed by atoms with Crippen molar-refractivity contribution in [2.75, 3.05) is 29.9 Å². The van der Waals surface area contributed by atoms with Crippen molar-refractivity contribution in [2.45, 2.75) is 50.3 Å². The molecule has 24 heavy (non-hydrogen) atoms. The number of nitrogens with zero attached hydrogens (tertiary/aromatic N) is 3. The number of aromatic nitrogens is 2. The van der Waals surface area contributed by atoms with Crippen LogP contribution in [0.1, 0.15) is 38.5 Å². The fourth-order valence-electron chi connectivity index (χ4n) is 3.60. The molecule has 2 N–H and O–H groups in total. The molecule has 8 heteroatoms. The van der Waals surface area contributed by atoms with Crippen molar-refractivity contribution in [3.8, 4) is 0 Å². The Balaban J connectivity index is 1.61. The highest BCUT2D eigenvalue weighted by molar-refractivity contribution is 5.49. The van der Waals surface area contributed by atoms with Gasteiger partial charge in [-0.1, -0.05) is 0 Å². The highest BCUT2D eigenvalue weighted by Crippen LogP contribution is 2.41. The highest BCUT2D eigenvalue weighted by atomic mass is 19.4. The molecule has 2 heterocycles. The van der Waals surface area contributed by atoms with Crippen molar-refractivity contribution in [3.05, 3.63) is 12.4 Å². The van der Waals surface area contributed by atoms with Crippen LogP contribution in [0.4, 0.5) is 24.8 Å². The third-order valence-electron chi connectivity index (χ3n) is 4.97. The van der Waals surface area contributed by atoms with E-state index in [1.165, 1.54) is 6.33 Å². The smallest absolute Gasteiger partial charge is 0.388 e. The second kappa shape index (κ2) is 6.74. The summed E-state index contributed by atoms with van der Waals surface area (Å²) in [7, 11) is 0. The Hall–Kier alpha value is -1.57. The maximum atomic E-state index is 12.9. The van der Waals surface area contributed by atoms with Gasteiger partial charge < -0.3 is 15.3 Å². The van der Waals surface area contributed by atoms with Crippen LogP contribution in [0.5, 0.6) is 0 Å². The molecule has 1 aromatic rings. The molecular weight excluding hydrogens is 321 g/mol. The van der Waals surface area contributed by atoms with Crippen molar-refractivity contribution >= 4 is 11.6 Å². The van der Waals surface area contributed by atoms with E-state index >= 15 is 0 Å². The number of hydrogen-bond donors (Lipinski definition) is 2. The summed E-state index contributed by atoms with van der Waals surface area (Å²) in [6.07, 6.45) is 0.0517. The first-order chi connectivity index (χ1) is 11.4. The Morgan fingerprint density at radius 2 is 2.00 bits per heavy atom. The minimum Gasteiger partial charge on any atom is -0.388 e. The Kier molecular flexibility index (Phi) is 4.85. The zero-order valence-electron chi connectivity index (χ0n) is 13.5. The Morgan fingerprint density at radius 1 is 1.25 bits per heavy atom. The van der Waals surface area contributed by atoms with E-state index in [4.69, 9.17) is 0 Å². The normalized spacial score (nSPS) is 28.2. The lowest BCUT2D eigenvalue weighted by atomic mass is 9.77. The Bertz CT molecular complexity index is 562. The van der Waals surface area contributed by atoms with Crippen LogP contribution >= 0.6 is 0 Å². The lowest BCUT2D eigenvalue weighted by Gasteiger charge is -2.37. The molecule has 0 radical (unpaired) electrons. The average Bonchev–Trinajstić information content (AvgIpc) is 3.07. The number of alkyl halides is 3. The van der Waals surface area contributed by atoms with E-state index in [1.807, 2.05) is 0 Å². The van der Waals surface area contributed by atoms with Gasteiger partial charge in [0, 0.05) is 25.7 Å². The predicted octanol–water partition coefficient (Wildman–Crippen LogP) is 2.97. The van der Waals surface area contributed by atoms with Gasteiger partial charge in [-0.25, -0.2) is 9.97 Å². The molecule has 1 saturated carbocycles. The second-order valence-corrected chi connectivity index (χ2v) is 6.87. The van der Waals surface area contributed by atoms with E-state index in [2.05, 4.69) is 20.2 Å². The fourth-order valence-corrected chi connectivity index (χ4v) is 3.60. The summed E-state index contributed by atoms with van der Waals surface area (Å²) in [6, 6.07) is 1.79. The van der Waals surface area contributed by atoms with E-state index in [-0.39, 0.29) is 19.4 Å². The molecule has 0 bridgehead atoms. The number of aliphatic hydroxyl groups is 1. The summed E-state index contributed by atoms with van der Waals surface area (Å²) in [5, 5.41) is 13.5. The lowest BCUT2D eigenvalue weighted by Crippen LogP contribution is -2.45. The molecule has 134 valence electrons. The molecule has 0 unspecified atom stereocenters. The summed E-state index contributed by atoms with van der Waals surface area (Å²) < 4.78 is 38.7. The van der Waals surface area contributed by atoms with Crippen LogP contribution in [-0.4, -0.2) is 46.5 Å². The number of halogens is 3. The van der Waals surface area contributed by atoms with Crippen LogP contribution in [-0.2, 0) is 0 Å². The summed E-state index contributed by atoms with van der Waals surface area (Å²) in [4.78, 5) is 10.5. The van der Waals surface area contributed by atoms with Crippen LogP contribution in [0.2, 0.25) is 0 Å². The maximum absolute atomic E-state index is 12.9. The molecule has 0 amide bonds. The van der Waals surface area contributed by atoms with Crippen molar-refractivity contribution in [1.29, 1.82) is 0 Å². The van der Waals surface area contributed by atoms with Crippen LogP contribution in [0.3, 0.4) is 0 Å². The van der Waals surface area contributed by atoms with Crippen LogP contribution in [0.15, 0.2) is 12.4 Å². The largest absolute Gasteiger partial charge is 0.391 e. The third-order valence-corrected chi connectivity index (χ3v) is 4.97. The van der Waals surface area contributed by atoms with E-state index in [0.717, 1.165) is 31.7 Å². The fraction of sp³-hybridized carbons (Fsp3) is 0.750. The van der Waals surface area contributed by atoms with Gasteiger partial charge in [0.05, 0.1) is 11.5 Å². The molecule has 5 nitrogen and oxygen atoms in total. The van der Waals surface area contributed by atoms with Gasteiger partial charge in [-0.3, -0.25) is 0 Å². The zero-order chi connectivity index (χ0) is 17.2. The van der Waals surface area contributed by atoms with Gasteiger partial charge in [-0.05, 0) is 38.5 Å². The minimum atomic E-state index is -4.24. The molecule has 2 aliphatic rings. The summed E-state index contributed by atoms with van der Waals surface area (Å²) in [5.74, 6) is -0.0770. The standard InChI is InChI=1S/C16H23F3N4O/c17-16(18,19)12-4-3-5-15(24,9-12)10-20-13-8-14(22-11-21-13)23-6-1-2-7-23/h8,11-12,24H,1-7,9-10H2,(H,20,21,22)/t12-,15-/m0/s1. The Labute approximate surface area is 139 Å². The summed E-state index contributed by atoms with van der Waals surface area (Å²) in [5.41, 5.74) is -1.35. The molecule has 2 fully saturated rings. The first kappa shape index (κ1) is 17.3. The van der Waals surface area contributed by atoms with Gasteiger partial charge in [0.2, 0.25) is 0 Å². The predicted molar refractivity (Wildman–Crippen MR) is 84.9 cm³/mol. The van der Waals surface area contributed by atoms with Crippen molar-refractivity contribution < 1.29 is 18.3 Å². The lowest BCUT2D eigenvalue weighted by molar-refractivity contribution is -0.199. The molecule has 1 aliphatic carbocycles. The second-order valence-electron chi connectivity index (χ2n) is 6.87. The van der Waals surface area contributed by atoms with Crippen molar-refractivity contribution in [3.63, 3.8) is 0 Å². The van der Waals surface area contributed by atoms with E-state index in [1.54, 1.807) is 6.07 Å². The molecule has 3 rings (SSSR count).